The lowest BCUT2D eigenvalue weighted by molar-refractivity contribution is -0.384. The normalized spacial score (nSPS) is 17.9. The monoisotopic (exact) mass is 301 g/mol. The van der Waals surface area contributed by atoms with Gasteiger partial charge in [-0.2, -0.15) is 4.98 Å². The molecule has 0 radical (unpaired) electrons. The highest BCUT2D eigenvalue weighted by Gasteiger charge is 2.30. The number of ether oxygens (including phenoxy) is 1. The number of hydrogen-bond donors (Lipinski definition) is 1. The molecule has 1 aliphatic rings. The lowest BCUT2D eigenvalue weighted by atomic mass is 10.3. The molecule has 0 saturated carbocycles. The first kappa shape index (κ1) is 14.3. The third-order valence-electron chi connectivity index (χ3n) is 2.91. The molecule has 1 fully saturated rings. The lowest BCUT2D eigenvalue weighted by Gasteiger charge is -2.17. The molecular formula is C10H12ClN5O4. The Morgan fingerprint density at radius 2 is 2.45 bits per heavy atom. The zero-order chi connectivity index (χ0) is 14.7. The van der Waals surface area contributed by atoms with Crippen LogP contribution in [-0.4, -0.2) is 47.2 Å². The van der Waals surface area contributed by atoms with E-state index in [-0.39, 0.29) is 22.8 Å². The average molecular weight is 302 g/mol. The van der Waals surface area contributed by atoms with Crippen molar-refractivity contribution >= 4 is 29.2 Å². The van der Waals surface area contributed by atoms with Crippen molar-refractivity contribution in [2.24, 2.45) is 0 Å². The molecule has 1 N–H and O–H groups in total. The summed E-state index contributed by atoms with van der Waals surface area (Å²) in [6.45, 7) is 0.909. The summed E-state index contributed by atoms with van der Waals surface area (Å²) in [5.41, 5.74) is -0.215. The molecular weight excluding hydrogens is 290 g/mol. The number of halogens is 1. The van der Waals surface area contributed by atoms with E-state index in [0.29, 0.717) is 19.5 Å². The lowest BCUT2D eigenvalue weighted by Crippen LogP contribution is -2.37. The van der Waals surface area contributed by atoms with Crippen LogP contribution in [0.15, 0.2) is 6.20 Å². The molecule has 9 nitrogen and oxygen atoms in total. The third kappa shape index (κ3) is 3.05. The van der Waals surface area contributed by atoms with Crippen molar-refractivity contribution in [1.82, 2.24) is 15.3 Å². The molecule has 1 saturated heterocycles. The van der Waals surface area contributed by atoms with Gasteiger partial charge in [-0.3, -0.25) is 10.1 Å². The first-order chi connectivity index (χ1) is 9.51. The van der Waals surface area contributed by atoms with Crippen LogP contribution in [0.4, 0.5) is 16.3 Å². The van der Waals surface area contributed by atoms with Gasteiger partial charge < -0.3 is 15.0 Å². The molecule has 0 aromatic carbocycles. The van der Waals surface area contributed by atoms with E-state index in [4.69, 9.17) is 11.6 Å². The number of carbonyl (C=O) groups is 1. The summed E-state index contributed by atoms with van der Waals surface area (Å²) in [7, 11) is 1.27. The van der Waals surface area contributed by atoms with Crippen molar-refractivity contribution in [2.75, 3.05) is 25.1 Å². The van der Waals surface area contributed by atoms with Crippen LogP contribution in [-0.2, 0) is 4.74 Å². The minimum absolute atomic E-state index is 0.0602. The second-order valence-electron chi connectivity index (χ2n) is 4.17. The van der Waals surface area contributed by atoms with Crippen LogP contribution in [0, 0.1) is 10.1 Å². The highest BCUT2D eigenvalue weighted by molar-refractivity contribution is 6.28. The van der Waals surface area contributed by atoms with E-state index >= 15 is 0 Å². The second kappa shape index (κ2) is 5.87. The van der Waals surface area contributed by atoms with E-state index in [1.807, 2.05) is 0 Å². The van der Waals surface area contributed by atoms with Crippen molar-refractivity contribution in [3.63, 3.8) is 0 Å². The van der Waals surface area contributed by atoms with E-state index in [1.165, 1.54) is 7.11 Å². The average Bonchev–Trinajstić information content (AvgIpc) is 2.86. The molecule has 0 bridgehead atoms. The number of anilines is 1. The minimum Gasteiger partial charge on any atom is -0.453 e. The Labute approximate surface area is 119 Å². The van der Waals surface area contributed by atoms with Crippen LogP contribution in [0.5, 0.6) is 0 Å². The maximum absolute atomic E-state index is 11.1. The van der Waals surface area contributed by atoms with Gasteiger partial charge in [-0.25, -0.2) is 9.78 Å². The molecule has 20 heavy (non-hydrogen) atoms. The SMILES string of the molecule is COC(=O)NC1CCN(c2nc(Cl)ncc2[N+](=O)[O-])C1. The standard InChI is InChI=1S/C10H12ClN5O4/c1-20-10(17)13-6-2-3-15(5-6)8-7(16(18)19)4-12-9(11)14-8/h4,6H,2-3,5H2,1H3,(H,13,17). The number of amides is 1. The topological polar surface area (TPSA) is 110 Å². The van der Waals surface area contributed by atoms with Gasteiger partial charge in [0.1, 0.15) is 6.20 Å². The van der Waals surface area contributed by atoms with Gasteiger partial charge in [0, 0.05) is 13.1 Å². The number of aromatic nitrogens is 2. The van der Waals surface area contributed by atoms with Gasteiger partial charge in [0.25, 0.3) is 0 Å². The van der Waals surface area contributed by atoms with E-state index in [9.17, 15) is 14.9 Å². The highest BCUT2D eigenvalue weighted by atomic mass is 35.5. The number of rotatable bonds is 3. The predicted molar refractivity (Wildman–Crippen MR) is 69.9 cm³/mol. The fourth-order valence-electron chi connectivity index (χ4n) is 2.00. The maximum Gasteiger partial charge on any atom is 0.407 e. The molecule has 1 aromatic rings. The van der Waals surface area contributed by atoms with Crippen LogP contribution >= 0.6 is 11.6 Å². The van der Waals surface area contributed by atoms with Crippen molar-refractivity contribution < 1.29 is 14.5 Å². The fraction of sp³-hybridized carbons (Fsp3) is 0.500. The zero-order valence-electron chi connectivity index (χ0n) is 10.6. The number of carbonyl (C=O) groups excluding carboxylic acids is 1. The summed E-state index contributed by atoms with van der Waals surface area (Å²) in [5.74, 6) is 0.157. The largest absolute Gasteiger partial charge is 0.453 e. The summed E-state index contributed by atoms with van der Waals surface area (Å²) in [4.78, 5) is 30.7. The molecule has 1 aliphatic heterocycles. The molecule has 1 aromatic heterocycles. The number of nitrogens with zero attached hydrogens (tertiary/aromatic N) is 4. The van der Waals surface area contributed by atoms with E-state index in [1.54, 1.807) is 4.90 Å². The number of nitrogens with one attached hydrogen (secondary N) is 1. The van der Waals surface area contributed by atoms with Gasteiger partial charge in [0.15, 0.2) is 0 Å². The molecule has 0 aliphatic carbocycles. The summed E-state index contributed by atoms with van der Waals surface area (Å²) in [6, 6.07) is -0.157. The molecule has 1 amide bonds. The fourth-order valence-corrected chi connectivity index (χ4v) is 2.13. The van der Waals surface area contributed by atoms with Gasteiger partial charge >= 0.3 is 11.8 Å². The summed E-state index contributed by atoms with van der Waals surface area (Å²) >= 11 is 5.68. The first-order valence-electron chi connectivity index (χ1n) is 5.77. The highest BCUT2D eigenvalue weighted by Crippen LogP contribution is 2.28. The minimum atomic E-state index is -0.563. The molecule has 10 heteroatoms. The maximum atomic E-state index is 11.1. The van der Waals surface area contributed by atoms with Crippen molar-refractivity contribution in [3.8, 4) is 0 Å². The van der Waals surface area contributed by atoms with Crippen molar-refractivity contribution in [1.29, 1.82) is 0 Å². The van der Waals surface area contributed by atoms with Crippen molar-refractivity contribution in [2.45, 2.75) is 12.5 Å². The number of nitro groups is 1. The molecule has 0 spiro atoms. The summed E-state index contributed by atoms with van der Waals surface area (Å²) < 4.78 is 4.51. The van der Waals surface area contributed by atoms with Crippen LogP contribution in [0.2, 0.25) is 5.28 Å². The Morgan fingerprint density at radius 3 is 3.10 bits per heavy atom. The van der Waals surface area contributed by atoms with Gasteiger partial charge in [0.2, 0.25) is 11.1 Å². The number of alkyl carbamates (subject to hydrolysis) is 1. The summed E-state index contributed by atoms with van der Waals surface area (Å²) in [5, 5.41) is 13.5. The van der Waals surface area contributed by atoms with Gasteiger partial charge in [-0.05, 0) is 18.0 Å². The van der Waals surface area contributed by atoms with Gasteiger partial charge in [-0.15, -0.1) is 0 Å². The van der Waals surface area contributed by atoms with Crippen LogP contribution in [0.3, 0.4) is 0 Å². The van der Waals surface area contributed by atoms with E-state index in [0.717, 1.165) is 6.20 Å². The first-order valence-corrected chi connectivity index (χ1v) is 6.15. The summed E-state index contributed by atoms with van der Waals surface area (Å²) in [6.07, 6.45) is 1.17. The Kier molecular flexibility index (Phi) is 4.18. The Bertz CT molecular complexity index is 540. The zero-order valence-corrected chi connectivity index (χ0v) is 11.3. The number of methoxy groups -OCH3 is 1. The Balaban J connectivity index is 2.15. The molecule has 2 rings (SSSR count). The molecule has 1 unspecified atom stereocenters. The van der Waals surface area contributed by atoms with Gasteiger partial charge in [-0.1, -0.05) is 0 Å². The Morgan fingerprint density at radius 1 is 1.70 bits per heavy atom. The molecule has 2 heterocycles. The van der Waals surface area contributed by atoms with Crippen LogP contribution in [0.25, 0.3) is 0 Å². The molecule has 1 atom stereocenters. The molecule has 108 valence electrons. The third-order valence-corrected chi connectivity index (χ3v) is 3.09. The van der Waals surface area contributed by atoms with Crippen LogP contribution < -0.4 is 10.2 Å². The van der Waals surface area contributed by atoms with Crippen molar-refractivity contribution in [3.05, 3.63) is 21.6 Å². The predicted octanol–water partition coefficient (Wildman–Crippen LogP) is 0.973. The Hall–Kier alpha value is -2.16. The quantitative estimate of drug-likeness (QED) is 0.503. The smallest absolute Gasteiger partial charge is 0.407 e. The second-order valence-corrected chi connectivity index (χ2v) is 4.51. The van der Waals surface area contributed by atoms with E-state index < -0.39 is 11.0 Å². The number of hydrogen-bond acceptors (Lipinski definition) is 7. The van der Waals surface area contributed by atoms with Crippen LogP contribution in [0.1, 0.15) is 6.42 Å². The van der Waals surface area contributed by atoms with Gasteiger partial charge in [0.05, 0.1) is 18.1 Å². The van der Waals surface area contributed by atoms with E-state index in [2.05, 4.69) is 20.0 Å².